The van der Waals surface area contributed by atoms with Crippen LogP contribution in [0.1, 0.15) is 27.9 Å². The van der Waals surface area contributed by atoms with Gasteiger partial charge in [0.05, 0.1) is 5.69 Å². The second-order valence-corrected chi connectivity index (χ2v) is 5.27. The Hall–Kier alpha value is -1.16. The summed E-state index contributed by atoms with van der Waals surface area (Å²) in [4.78, 5) is 10.6. The van der Waals surface area contributed by atoms with Crippen molar-refractivity contribution in [3.05, 3.63) is 18.1 Å². The molecule has 0 bridgehead atoms. The molecule has 0 amide bonds. The minimum absolute atomic E-state index is 0. The van der Waals surface area contributed by atoms with Gasteiger partial charge in [0.15, 0.2) is 0 Å². The molecular formula is C12H24N4. The van der Waals surface area contributed by atoms with Crippen molar-refractivity contribution in [2.45, 2.75) is 26.2 Å². The van der Waals surface area contributed by atoms with Crippen molar-refractivity contribution in [2.75, 3.05) is 32.5 Å². The smallest absolute Gasteiger partial charge is 0.129 e. The summed E-state index contributed by atoms with van der Waals surface area (Å²) in [7, 11) is 4.12. The maximum absolute atomic E-state index is 4.29. The second-order valence-electron chi connectivity index (χ2n) is 5.27. The van der Waals surface area contributed by atoms with E-state index in [1.807, 2.05) is 6.07 Å². The minimum Gasteiger partial charge on any atom is -0.369 e. The summed E-state index contributed by atoms with van der Waals surface area (Å²) in [5.74, 6) is 0.904. The Morgan fingerprint density at radius 3 is 2.56 bits per heavy atom. The Bertz CT molecular complexity index is 334. The van der Waals surface area contributed by atoms with Crippen LogP contribution in [-0.2, 0) is 5.41 Å². The van der Waals surface area contributed by atoms with Crippen LogP contribution in [0.15, 0.2) is 12.4 Å². The van der Waals surface area contributed by atoms with E-state index >= 15 is 0 Å². The molecule has 0 unspecified atom stereocenters. The van der Waals surface area contributed by atoms with E-state index in [0.29, 0.717) is 0 Å². The number of aromatic nitrogens is 2. The van der Waals surface area contributed by atoms with E-state index in [4.69, 9.17) is 0 Å². The summed E-state index contributed by atoms with van der Waals surface area (Å²) < 4.78 is 0. The van der Waals surface area contributed by atoms with E-state index in [-0.39, 0.29) is 6.84 Å². The third-order valence-electron chi connectivity index (χ3n) is 2.30. The highest BCUT2D eigenvalue weighted by Crippen LogP contribution is 2.20. The van der Waals surface area contributed by atoms with E-state index in [1.54, 1.807) is 6.33 Å². The number of anilines is 1. The molecule has 0 saturated heterocycles. The highest BCUT2D eigenvalue weighted by Gasteiger charge is 2.15. The van der Waals surface area contributed by atoms with E-state index in [2.05, 4.69) is 55.1 Å². The van der Waals surface area contributed by atoms with Crippen LogP contribution in [0.4, 0.5) is 5.82 Å². The van der Waals surface area contributed by atoms with Crippen molar-refractivity contribution in [3.63, 3.8) is 0 Å². The molecule has 0 aliphatic rings. The highest BCUT2D eigenvalue weighted by molar-refractivity contribution is 5.36. The number of nitrogens with zero attached hydrogens (tertiary/aromatic N) is 3. The molecule has 0 atom stereocenters. The number of likely N-dealkylation sites (N-methyl/N-ethyl adjacent to an activating group) is 1. The van der Waals surface area contributed by atoms with E-state index in [1.165, 1.54) is 0 Å². The quantitative estimate of drug-likeness (QED) is 0.849. The number of hydrogen-bond acceptors (Lipinski definition) is 4. The lowest BCUT2D eigenvalue weighted by atomic mass is 9.92. The number of nitrogens with one attached hydrogen (secondary N) is 1. The Kier molecular flexibility index (Phi) is 4.24. The fraction of sp³-hybridized carbons (Fsp3) is 0.667. The van der Waals surface area contributed by atoms with Crippen molar-refractivity contribution in [3.8, 4) is 0 Å². The summed E-state index contributed by atoms with van der Waals surface area (Å²) in [5.41, 5.74) is 1.14. The molecule has 4 nitrogen and oxygen atoms in total. The van der Waals surface area contributed by atoms with Crippen LogP contribution < -0.4 is 5.32 Å². The molecule has 1 N–H and O–H groups in total. The van der Waals surface area contributed by atoms with Gasteiger partial charge in [-0.3, -0.25) is 0 Å². The SMILES string of the molecule is CN(C)CCNc1cc(C(C)(C)C)ncn1.[HH]. The first-order chi connectivity index (χ1) is 7.39. The maximum Gasteiger partial charge on any atom is 0.129 e. The van der Waals surface area contributed by atoms with Crippen LogP contribution in [-0.4, -0.2) is 42.1 Å². The van der Waals surface area contributed by atoms with Crippen LogP contribution in [0.5, 0.6) is 0 Å². The molecule has 0 aliphatic heterocycles. The first-order valence-electron chi connectivity index (χ1n) is 5.61. The van der Waals surface area contributed by atoms with Crippen LogP contribution in [0, 0.1) is 0 Å². The zero-order valence-corrected chi connectivity index (χ0v) is 10.9. The summed E-state index contributed by atoms with van der Waals surface area (Å²) >= 11 is 0. The highest BCUT2D eigenvalue weighted by atomic mass is 15.1. The fourth-order valence-electron chi connectivity index (χ4n) is 1.27. The predicted octanol–water partition coefficient (Wildman–Crippen LogP) is 1.99. The van der Waals surface area contributed by atoms with Gasteiger partial charge in [-0.05, 0) is 14.1 Å². The molecule has 16 heavy (non-hydrogen) atoms. The monoisotopic (exact) mass is 224 g/mol. The van der Waals surface area contributed by atoms with Gasteiger partial charge in [-0.2, -0.15) is 0 Å². The number of hydrogen-bond donors (Lipinski definition) is 1. The summed E-state index contributed by atoms with van der Waals surface area (Å²) in [6.07, 6.45) is 1.62. The maximum atomic E-state index is 4.29. The van der Waals surface area contributed by atoms with Crippen molar-refractivity contribution in [1.82, 2.24) is 14.9 Å². The van der Waals surface area contributed by atoms with Crippen molar-refractivity contribution in [1.29, 1.82) is 0 Å². The van der Waals surface area contributed by atoms with Gasteiger partial charge in [0.25, 0.3) is 0 Å². The standard InChI is InChI=1S/C12H22N4.H2/c1-12(2,3)10-8-11(15-9-14-10)13-6-7-16(4)5;/h8-9H,6-7H2,1-5H3,(H,13,14,15);1H. The summed E-state index contributed by atoms with van der Waals surface area (Å²) in [5, 5.41) is 3.30. The van der Waals surface area contributed by atoms with Gasteiger partial charge in [-0.1, -0.05) is 20.8 Å². The van der Waals surface area contributed by atoms with Gasteiger partial charge in [-0.15, -0.1) is 0 Å². The van der Waals surface area contributed by atoms with Crippen LogP contribution in [0.25, 0.3) is 0 Å². The van der Waals surface area contributed by atoms with Gasteiger partial charge in [-0.25, -0.2) is 9.97 Å². The molecule has 4 heteroatoms. The van der Waals surface area contributed by atoms with Crippen LogP contribution >= 0.6 is 0 Å². The first kappa shape index (κ1) is 12.9. The molecule has 0 spiro atoms. The van der Waals surface area contributed by atoms with Crippen molar-refractivity contribution in [2.24, 2.45) is 0 Å². The average molecular weight is 224 g/mol. The normalized spacial score (nSPS) is 11.9. The summed E-state index contributed by atoms with van der Waals surface area (Å²) in [6, 6.07) is 2.02. The van der Waals surface area contributed by atoms with Crippen molar-refractivity contribution >= 4 is 5.82 Å². The zero-order chi connectivity index (χ0) is 12.2. The molecule has 1 heterocycles. The van der Waals surface area contributed by atoms with Gasteiger partial charge >= 0.3 is 0 Å². The first-order valence-corrected chi connectivity index (χ1v) is 5.61. The van der Waals surface area contributed by atoms with Gasteiger partial charge < -0.3 is 10.2 Å². The van der Waals surface area contributed by atoms with Gasteiger partial charge in [0.2, 0.25) is 0 Å². The molecule has 1 aromatic rings. The molecule has 92 valence electrons. The minimum atomic E-state index is 0. The fourth-order valence-corrected chi connectivity index (χ4v) is 1.27. The molecule has 1 aromatic heterocycles. The zero-order valence-electron chi connectivity index (χ0n) is 10.9. The van der Waals surface area contributed by atoms with E-state index < -0.39 is 0 Å². The van der Waals surface area contributed by atoms with Crippen LogP contribution in [0.2, 0.25) is 0 Å². The van der Waals surface area contributed by atoms with Gasteiger partial charge in [0.1, 0.15) is 12.1 Å². The van der Waals surface area contributed by atoms with Gasteiger partial charge in [0, 0.05) is 26.0 Å². The van der Waals surface area contributed by atoms with E-state index in [0.717, 1.165) is 24.6 Å². The average Bonchev–Trinajstić information content (AvgIpc) is 2.16. The third-order valence-corrected chi connectivity index (χ3v) is 2.30. The lowest BCUT2D eigenvalue weighted by Gasteiger charge is -2.18. The third kappa shape index (κ3) is 4.14. The molecule has 0 saturated carbocycles. The molecule has 0 aliphatic carbocycles. The Balaban J connectivity index is 0.00000256. The lowest BCUT2D eigenvalue weighted by molar-refractivity contribution is 0.425. The lowest BCUT2D eigenvalue weighted by Crippen LogP contribution is -2.21. The Morgan fingerprint density at radius 1 is 1.31 bits per heavy atom. The largest absolute Gasteiger partial charge is 0.369 e. The topological polar surface area (TPSA) is 41.0 Å². The summed E-state index contributed by atoms with van der Waals surface area (Å²) in [6.45, 7) is 8.35. The van der Waals surface area contributed by atoms with Crippen molar-refractivity contribution < 1.29 is 1.43 Å². The van der Waals surface area contributed by atoms with Crippen LogP contribution in [0.3, 0.4) is 0 Å². The molecule has 0 fully saturated rings. The molecule has 1 rings (SSSR count). The molecule has 0 radical (unpaired) electrons. The molecule has 0 aromatic carbocycles. The Labute approximate surface area is 99.6 Å². The molecular weight excluding hydrogens is 200 g/mol. The Morgan fingerprint density at radius 2 is 2.00 bits per heavy atom. The predicted molar refractivity (Wildman–Crippen MR) is 69.9 cm³/mol. The second kappa shape index (κ2) is 5.25. The number of rotatable bonds is 4. The van der Waals surface area contributed by atoms with E-state index in [9.17, 15) is 0 Å².